The van der Waals surface area contributed by atoms with E-state index in [1.807, 2.05) is 92.7 Å². The molecule has 3 aromatic rings. The van der Waals surface area contributed by atoms with Crippen molar-refractivity contribution in [2.45, 2.75) is 64.3 Å². The van der Waals surface area contributed by atoms with Gasteiger partial charge < -0.3 is 19.4 Å². The highest BCUT2D eigenvalue weighted by Crippen LogP contribution is 2.48. The second-order valence-corrected chi connectivity index (χ2v) is 9.46. The quantitative estimate of drug-likeness (QED) is 0.120. The number of methoxy groups -OCH3 is 2. The van der Waals surface area contributed by atoms with Gasteiger partial charge in [0.15, 0.2) is 0 Å². The van der Waals surface area contributed by atoms with Crippen LogP contribution in [0, 0.1) is 0 Å². The number of carbonyl (C=O) groups is 1. The number of amides is 1. The van der Waals surface area contributed by atoms with Crippen LogP contribution in [0.5, 0.6) is 11.5 Å². The molecule has 3 aromatic carbocycles. The van der Waals surface area contributed by atoms with E-state index in [-0.39, 0.29) is 6.04 Å². The largest absolute Gasteiger partial charge is 0.497 e. The van der Waals surface area contributed by atoms with Gasteiger partial charge in [0, 0.05) is 17.7 Å². The van der Waals surface area contributed by atoms with Crippen LogP contribution in [0.15, 0.2) is 78.9 Å². The number of aliphatic hydroxyl groups is 1. The van der Waals surface area contributed by atoms with Crippen LogP contribution in [0.3, 0.4) is 0 Å². The molecule has 0 radical (unpaired) electrons. The summed E-state index contributed by atoms with van der Waals surface area (Å²) in [4.78, 5) is 19.3. The van der Waals surface area contributed by atoms with Crippen LogP contribution in [-0.4, -0.2) is 42.8 Å². The molecule has 0 aliphatic heterocycles. The van der Waals surface area contributed by atoms with Crippen molar-refractivity contribution in [3.63, 3.8) is 0 Å². The number of hydrogen-bond donors (Lipinski definition) is 2. The summed E-state index contributed by atoms with van der Waals surface area (Å²) in [7, 11) is 3.22. The average Bonchev–Trinajstić information content (AvgIpc) is 2.94. The van der Waals surface area contributed by atoms with E-state index in [2.05, 4.69) is 12.2 Å². The maximum Gasteiger partial charge on any atom is 0.428 e. The molecule has 0 fully saturated rings. The monoisotopic (exact) mass is 520 g/mol. The zero-order valence-corrected chi connectivity index (χ0v) is 23.0. The zero-order chi connectivity index (χ0) is 27.5. The fourth-order valence-electron chi connectivity index (χ4n) is 4.78. The summed E-state index contributed by atoms with van der Waals surface area (Å²) in [6.45, 7) is 6.01. The van der Waals surface area contributed by atoms with E-state index in [0.717, 1.165) is 36.0 Å². The van der Waals surface area contributed by atoms with E-state index >= 15 is 0 Å². The highest BCUT2D eigenvalue weighted by molar-refractivity contribution is 5.67. The van der Waals surface area contributed by atoms with Crippen molar-refractivity contribution in [1.82, 2.24) is 10.4 Å². The SMILES string of the molecule is CCCCC[C@H](O)NC(=O)ON(C(C)C)C(c1ccccc1)(c1ccccc1)c1ccc(OC)cc1OC. The molecule has 7 nitrogen and oxygen atoms in total. The van der Waals surface area contributed by atoms with E-state index in [0.29, 0.717) is 17.9 Å². The van der Waals surface area contributed by atoms with Crippen molar-refractivity contribution < 1.29 is 24.2 Å². The fraction of sp³-hybridized carbons (Fsp3) is 0.387. The van der Waals surface area contributed by atoms with Crippen LogP contribution in [0.1, 0.15) is 63.1 Å². The number of benzene rings is 3. The molecule has 0 bridgehead atoms. The van der Waals surface area contributed by atoms with Gasteiger partial charge in [-0.25, -0.2) is 4.79 Å². The summed E-state index contributed by atoms with van der Waals surface area (Å²) in [6, 6.07) is 25.1. The van der Waals surface area contributed by atoms with Crippen LogP contribution < -0.4 is 14.8 Å². The summed E-state index contributed by atoms with van der Waals surface area (Å²) in [5.74, 6) is 1.22. The molecular weight excluding hydrogens is 480 g/mol. The first-order valence-corrected chi connectivity index (χ1v) is 13.2. The number of hydrogen-bond acceptors (Lipinski definition) is 6. The molecule has 1 amide bonds. The Morgan fingerprint density at radius 1 is 0.921 bits per heavy atom. The Bertz CT molecular complexity index is 1100. The minimum atomic E-state index is -1.10. The Balaban J connectivity index is 2.22. The number of ether oxygens (including phenoxy) is 2. The predicted molar refractivity (Wildman–Crippen MR) is 149 cm³/mol. The maximum absolute atomic E-state index is 13.2. The first kappa shape index (κ1) is 29.0. The first-order chi connectivity index (χ1) is 18.4. The van der Waals surface area contributed by atoms with Crippen LogP contribution >= 0.6 is 0 Å². The average molecular weight is 521 g/mol. The summed E-state index contributed by atoms with van der Waals surface area (Å²) in [6.07, 6.45) is 1.55. The minimum absolute atomic E-state index is 0.273. The van der Waals surface area contributed by atoms with Crippen molar-refractivity contribution >= 4 is 6.09 Å². The Morgan fingerprint density at radius 3 is 2.03 bits per heavy atom. The minimum Gasteiger partial charge on any atom is -0.497 e. The molecule has 0 spiro atoms. The lowest BCUT2D eigenvalue weighted by atomic mass is 9.75. The number of carbonyl (C=O) groups excluding carboxylic acids is 1. The standard InChI is InChI=1S/C31H40N2O5/c1-6-7-10-19-29(34)32-30(35)38-33(23(2)3)31(24-15-11-8-12-16-24,25-17-13-9-14-18-25)27-21-20-26(36-4)22-28(27)37-5/h8-9,11-18,20-23,29,34H,6-7,10,19H2,1-5H3,(H,32,35)/t29-/m0/s1. The van der Waals surface area contributed by atoms with Gasteiger partial charge in [-0.15, -0.1) is 5.06 Å². The molecule has 38 heavy (non-hydrogen) atoms. The number of unbranched alkanes of at least 4 members (excludes halogenated alkanes) is 2. The molecule has 0 saturated heterocycles. The zero-order valence-electron chi connectivity index (χ0n) is 23.0. The lowest BCUT2D eigenvalue weighted by Gasteiger charge is -2.45. The Morgan fingerprint density at radius 2 is 1.53 bits per heavy atom. The lowest BCUT2D eigenvalue weighted by molar-refractivity contribution is -0.176. The van der Waals surface area contributed by atoms with Crippen molar-refractivity contribution in [3.05, 3.63) is 95.6 Å². The normalized spacial score (nSPS) is 12.3. The molecular formula is C31H40N2O5. The van der Waals surface area contributed by atoms with Crippen molar-refractivity contribution in [3.8, 4) is 11.5 Å². The molecule has 0 saturated carbocycles. The molecule has 3 rings (SSSR count). The molecule has 7 heteroatoms. The van der Waals surface area contributed by atoms with E-state index < -0.39 is 17.9 Å². The van der Waals surface area contributed by atoms with Crippen molar-refractivity contribution in [1.29, 1.82) is 0 Å². The molecule has 0 aliphatic rings. The number of nitrogens with zero attached hydrogens (tertiary/aromatic N) is 1. The van der Waals surface area contributed by atoms with E-state index in [9.17, 15) is 9.90 Å². The summed E-state index contributed by atoms with van der Waals surface area (Å²) < 4.78 is 11.4. The third-order valence-electron chi connectivity index (χ3n) is 6.53. The van der Waals surface area contributed by atoms with E-state index in [4.69, 9.17) is 14.3 Å². The van der Waals surface area contributed by atoms with Crippen LogP contribution in [0.4, 0.5) is 4.79 Å². The highest BCUT2D eigenvalue weighted by atomic mass is 16.7. The molecule has 0 heterocycles. The number of aliphatic hydroxyl groups excluding tert-OH is 1. The van der Waals surface area contributed by atoms with Crippen LogP contribution in [0.2, 0.25) is 0 Å². The van der Waals surface area contributed by atoms with Gasteiger partial charge in [0.05, 0.1) is 14.2 Å². The molecule has 0 unspecified atom stereocenters. The van der Waals surface area contributed by atoms with Gasteiger partial charge in [0.25, 0.3) is 0 Å². The Labute approximate surface area is 226 Å². The molecule has 204 valence electrons. The molecule has 0 aliphatic carbocycles. The smallest absolute Gasteiger partial charge is 0.428 e. The lowest BCUT2D eigenvalue weighted by Crippen LogP contribution is -2.54. The van der Waals surface area contributed by atoms with Gasteiger partial charge in [0.2, 0.25) is 0 Å². The third-order valence-corrected chi connectivity index (χ3v) is 6.53. The molecule has 1 atom stereocenters. The number of rotatable bonds is 13. The van der Waals surface area contributed by atoms with Gasteiger partial charge in [-0.1, -0.05) is 80.4 Å². The Kier molecular flexibility index (Phi) is 10.6. The fourth-order valence-corrected chi connectivity index (χ4v) is 4.78. The van der Waals surface area contributed by atoms with E-state index in [1.54, 1.807) is 19.3 Å². The highest BCUT2D eigenvalue weighted by Gasteiger charge is 2.48. The van der Waals surface area contributed by atoms with Gasteiger partial charge in [-0.05, 0) is 49.9 Å². The third kappa shape index (κ3) is 6.47. The van der Waals surface area contributed by atoms with Crippen LogP contribution in [0.25, 0.3) is 0 Å². The number of nitrogens with one attached hydrogen (secondary N) is 1. The van der Waals surface area contributed by atoms with Gasteiger partial charge in [-0.2, -0.15) is 0 Å². The number of hydroxylamine groups is 2. The first-order valence-electron chi connectivity index (χ1n) is 13.2. The summed E-state index contributed by atoms with van der Waals surface area (Å²) >= 11 is 0. The van der Waals surface area contributed by atoms with Crippen molar-refractivity contribution in [2.24, 2.45) is 0 Å². The van der Waals surface area contributed by atoms with Crippen molar-refractivity contribution in [2.75, 3.05) is 14.2 Å². The molecule has 2 N–H and O–H groups in total. The van der Waals surface area contributed by atoms with Crippen LogP contribution in [-0.2, 0) is 10.4 Å². The summed E-state index contributed by atoms with van der Waals surface area (Å²) in [5, 5.41) is 14.7. The van der Waals surface area contributed by atoms with E-state index in [1.165, 1.54) is 0 Å². The van der Waals surface area contributed by atoms with Gasteiger partial charge in [0.1, 0.15) is 23.3 Å². The second kappa shape index (κ2) is 13.8. The van der Waals surface area contributed by atoms with Gasteiger partial charge >= 0.3 is 6.09 Å². The molecule has 0 aromatic heterocycles. The second-order valence-electron chi connectivity index (χ2n) is 9.46. The topological polar surface area (TPSA) is 80.3 Å². The maximum atomic E-state index is 13.2. The van der Waals surface area contributed by atoms with Gasteiger partial charge in [-0.3, -0.25) is 5.32 Å². The Hall–Kier alpha value is -3.55. The summed E-state index contributed by atoms with van der Waals surface area (Å²) in [5.41, 5.74) is 1.42. The predicted octanol–water partition coefficient (Wildman–Crippen LogP) is 6.25.